The molecule has 0 spiro atoms. The van der Waals surface area contributed by atoms with E-state index in [4.69, 9.17) is 9.97 Å². The summed E-state index contributed by atoms with van der Waals surface area (Å²) in [6.45, 7) is 0. The van der Waals surface area contributed by atoms with Crippen LogP contribution in [0.5, 0.6) is 0 Å². The normalized spacial score (nSPS) is 13.0. The number of pyridine rings is 1. The monoisotopic (exact) mass is 675 g/mol. The minimum absolute atomic E-state index is 0.466. The van der Waals surface area contributed by atoms with E-state index in [1.807, 2.05) is 71.7 Å². The Kier molecular flexibility index (Phi) is 6.52. The molecule has 0 saturated carbocycles. The van der Waals surface area contributed by atoms with Crippen LogP contribution in [0.4, 0.5) is 23.3 Å². The molecule has 0 atom stereocenters. The molecule has 0 radical (unpaired) electrons. The number of nitrogens with zero attached hydrogens (tertiary/aromatic N) is 6. The van der Waals surface area contributed by atoms with Gasteiger partial charge >= 0.3 is 203 Å². The van der Waals surface area contributed by atoms with Crippen LogP contribution < -0.4 is 10.6 Å². The molecular formula is C33H26IN9. The van der Waals surface area contributed by atoms with Gasteiger partial charge in [0, 0.05) is 17.1 Å². The molecule has 0 unspecified atom stereocenters. The van der Waals surface area contributed by atoms with E-state index in [9.17, 15) is 0 Å². The fourth-order valence-electron chi connectivity index (χ4n) is 5.08. The maximum atomic E-state index is 4.87. The number of halogens is 1. The standard InChI is InChI=1S/C33H26IN9/c1-2-7-30-29(6-1)41-33(40-27-10-11-28-23(19-27)12-17-36-28)43(30)32-38-21-37-31(42-32)39-26-5-3-4-22(18-26)20-34(24-8-9-24)25-13-15-35-16-14-25/h1-19,21,24,36H,20H2,(H,40,41)(H,37,38,39,42). The van der Waals surface area contributed by atoms with Crippen LogP contribution in [0.3, 0.4) is 0 Å². The van der Waals surface area contributed by atoms with Crippen molar-refractivity contribution in [3.63, 3.8) is 0 Å². The Balaban J connectivity index is 1.08. The molecule has 0 saturated heterocycles. The molecule has 9 nitrogen and oxygen atoms in total. The van der Waals surface area contributed by atoms with E-state index in [0.29, 0.717) is 21.8 Å². The number of anilines is 4. The van der Waals surface area contributed by atoms with Crippen molar-refractivity contribution in [2.24, 2.45) is 0 Å². The zero-order chi connectivity index (χ0) is 28.6. The van der Waals surface area contributed by atoms with Crippen LogP contribution in [0.2, 0.25) is 0 Å². The molecule has 4 heterocycles. The van der Waals surface area contributed by atoms with Gasteiger partial charge in [0.15, 0.2) is 0 Å². The average Bonchev–Trinajstić information content (AvgIpc) is 3.66. The van der Waals surface area contributed by atoms with Gasteiger partial charge in [-0.1, -0.05) is 6.07 Å². The van der Waals surface area contributed by atoms with E-state index in [2.05, 4.69) is 79.1 Å². The van der Waals surface area contributed by atoms with E-state index in [1.54, 1.807) is 0 Å². The second-order valence-electron chi connectivity index (χ2n) is 10.1. The number of aromatic amines is 1. The van der Waals surface area contributed by atoms with Crippen molar-refractivity contribution in [3.8, 4) is 5.95 Å². The summed E-state index contributed by atoms with van der Waals surface area (Å²) in [5, 5.41) is 8.00. The number of benzene rings is 3. The Labute approximate surface area is 254 Å². The first-order valence-electron chi connectivity index (χ1n) is 13.9. The number of allylic oxidation sites excluding steroid dienone is 2. The fraction of sp³-hybridized carbons (Fsp3) is 0.0606. The summed E-state index contributed by atoms with van der Waals surface area (Å²) in [5.41, 5.74) is 5.99. The van der Waals surface area contributed by atoms with Crippen LogP contribution in [-0.2, 0) is 4.43 Å². The molecule has 4 aromatic heterocycles. The van der Waals surface area contributed by atoms with Crippen molar-refractivity contribution in [1.29, 1.82) is 0 Å². The quantitative estimate of drug-likeness (QED) is 0.0832. The number of para-hydroxylation sites is 2. The first kappa shape index (κ1) is 25.6. The Morgan fingerprint density at radius 1 is 0.814 bits per heavy atom. The Morgan fingerprint density at radius 2 is 1.70 bits per heavy atom. The number of hydrogen-bond donors (Lipinski definition) is 3. The van der Waals surface area contributed by atoms with Crippen molar-refractivity contribution < 1.29 is 0 Å². The zero-order valence-electron chi connectivity index (χ0n) is 22.9. The van der Waals surface area contributed by atoms with Gasteiger partial charge < -0.3 is 4.98 Å². The van der Waals surface area contributed by atoms with Crippen molar-refractivity contribution in [1.82, 2.24) is 34.5 Å². The minimum atomic E-state index is -1.45. The number of fused-ring (bicyclic) bond motifs is 2. The summed E-state index contributed by atoms with van der Waals surface area (Å²) in [4.78, 5) is 26.1. The molecule has 1 aliphatic rings. The molecule has 1 aliphatic carbocycles. The van der Waals surface area contributed by atoms with Gasteiger partial charge in [-0.05, 0) is 24.3 Å². The third-order valence-corrected chi connectivity index (χ3v) is 13.8. The van der Waals surface area contributed by atoms with E-state index < -0.39 is 19.8 Å². The van der Waals surface area contributed by atoms with E-state index in [0.717, 1.165) is 37.7 Å². The van der Waals surface area contributed by atoms with Crippen molar-refractivity contribution in [3.05, 3.63) is 131 Å². The number of hydrogen-bond acceptors (Lipinski definition) is 7. The number of aromatic nitrogens is 7. The van der Waals surface area contributed by atoms with Crippen LogP contribution in [0, 0.1) is 3.57 Å². The maximum absolute atomic E-state index is 4.87. The molecule has 10 heteroatoms. The van der Waals surface area contributed by atoms with Crippen LogP contribution in [0.15, 0.2) is 122 Å². The number of nitrogens with one attached hydrogen (secondary N) is 3. The molecule has 43 heavy (non-hydrogen) atoms. The second kappa shape index (κ2) is 11.0. The predicted octanol–water partition coefficient (Wildman–Crippen LogP) is 7.39. The number of H-pyrrole nitrogens is 1. The fourth-order valence-corrected chi connectivity index (χ4v) is 10.8. The Morgan fingerprint density at radius 3 is 2.60 bits per heavy atom. The number of alkyl halides is 2. The summed E-state index contributed by atoms with van der Waals surface area (Å²) in [6, 6.07) is 29.1. The molecular weight excluding hydrogens is 649 g/mol. The summed E-state index contributed by atoms with van der Waals surface area (Å²) in [5.74, 6) is 1.56. The molecule has 3 N–H and O–H groups in total. The second-order valence-corrected chi connectivity index (χ2v) is 15.8. The number of imidazole rings is 1. The predicted molar refractivity (Wildman–Crippen MR) is 179 cm³/mol. The third-order valence-electron chi connectivity index (χ3n) is 7.17. The SMILES string of the molecule is C1=CC1I(Cc1cccc(Nc2ncnc(-n3c(Nc4ccc5[nH]ccc5c4)nc4ccccc43)n2)c1)c1ccncc1. The molecule has 3 aromatic carbocycles. The third kappa shape index (κ3) is 5.32. The molecule has 0 amide bonds. The van der Waals surface area contributed by atoms with E-state index in [1.165, 1.54) is 15.5 Å². The molecule has 0 fully saturated rings. The van der Waals surface area contributed by atoms with Crippen LogP contribution in [0.25, 0.3) is 27.9 Å². The summed E-state index contributed by atoms with van der Waals surface area (Å²) in [6.07, 6.45) is 11.9. The summed E-state index contributed by atoms with van der Waals surface area (Å²) in [7, 11) is 0. The first-order chi connectivity index (χ1) is 21.3. The average molecular weight is 676 g/mol. The van der Waals surface area contributed by atoms with Gasteiger partial charge in [0.1, 0.15) is 0 Å². The molecule has 8 rings (SSSR count). The topological polar surface area (TPSA) is 109 Å². The van der Waals surface area contributed by atoms with Gasteiger partial charge in [-0.15, -0.1) is 0 Å². The van der Waals surface area contributed by atoms with E-state index in [-0.39, 0.29) is 0 Å². The van der Waals surface area contributed by atoms with Gasteiger partial charge in [0.25, 0.3) is 0 Å². The van der Waals surface area contributed by atoms with E-state index >= 15 is 0 Å². The Hall–Kier alpha value is -5.10. The van der Waals surface area contributed by atoms with Crippen LogP contribution >= 0.6 is 19.8 Å². The van der Waals surface area contributed by atoms with Crippen LogP contribution in [-0.4, -0.2) is 38.4 Å². The van der Waals surface area contributed by atoms with Gasteiger partial charge in [-0.2, -0.15) is 0 Å². The van der Waals surface area contributed by atoms with Gasteiger partial charge in [-0.25, -0.2) is 0 Å². The number of rotatable bonds is 9. The Bertz CT molecular complexity index is 2090. The van der Waals surface area contributed by atoms with Crippen molar-refractivity contribution in [2.75, 3.05) is 10.6 Å². The van der Waals surface area contributed by atoms with Crippen molar-refractivity contribution >= 4 is 65.0 Å². The molecule has 210 valence electrons. The van der Waals surface area contributed by atoms with Gasteiger partial charge in [0.05, 0.1) is 0 Å². The summed E-state index contributed by atoms with van der Waals surface area (Å²) < 4.78 is 5.11. The summed E-state index contributed by atoms with van der Waals surface area (Å²) >= 11 is -1.45. The van der Waals surface area contributed by atoms with Gasteiger partial charge in [0.2, 0.25) is 0 Å². The van der Waals surface area contributed by atoms with Crippen LogP contribution in [0.1, 0.15) is 5.56 Å². The zero-order valence-corrected chi connectivity index (χ0v) is 25.1. The first-order valence-corrected chi connectivity index (χ1v) is 17.7. The molecule has 7 aromatic rings. The molecule has 0 bridgehead atoms. The van der Waals surface area contributed by atoms with Gasteiger partial charge in [-0.3, -0.25) is 0 Å². The van der Waals surface area contributed by atoms with Crippen molar-refractivity contribution in [2.45, 2.75) is 8.35 Å². The molecule has 0 aliphatic heterocycles.